The van der Waals surface area contributed by atoms with E-state index in [4.69, 9.17) is 4.74 Å². The molecule has 2 amide bonds. The molecular weight excluding hydrogens is 256 g/mol. The molecule has 0 aliphatic carbocycles. The van der Waals surface area contributed by atoms with Gasteiger partial charge in [-0.1, -0.05) is 12.1 Å². The number of nitrogens with one attached hydrogen (secondary N) is 1. The first-order valence-electron chi connectivity index (χ1n) is 6.66. The van der Waals surface area contributed by atoms with Gasteiger partial charge in [-0.2, -0.15) is 0 Å². The molecule has 1 saturated heterocycles. The number of anilines is 1. The molecule has 1 aromatic rings. The Balaban J connectivity index is 2.08. The van der Waals surface area contributed by atoms with E-state index in [1.54, 1.807) is 29.2 Å². The highest BCUT2D eigenvalue weighted by Gasteiger charge is 2.20. The summed E-state index contributed by atoms with van der Waals surface area (Å²) >= 11 is 0. The molecule has 0 saturated carbocycles. The lowest BCUT2D eigenvalue weighted by Crippen LogP contribution is -2.46. The van der Waals surface area contributed by atoms with Crippen molar-refractivity contribution in [3.05, 3.63) is 42.5 Å². The van der Waals surface area contributed by atoms with Gasteiger partial charge in [0.2, 0.25) is 0 Å². The van der Waals surface area contributed by atoms with Crippen LogP contribution in [0.1, 0.15) is 23.2 Å². The van der Waals surface area contributed by atoms with Gasteiger partial charge in [0, 0.05) is 18.8 Å². The van der Waals surface area contributed by atoms with Crippen LogP contribution in [0.4, 0.5) is 10.5 Å². The molecule has 1 aromatic carbocycles. The van der Waals surface area contributed by atoms with Crippen molar-refractivity contribution in [1.82, 2.24) is 5.32 Å². The third kappa shape index (κ3) is 3.38. The summed E-state index contributed by atoms with van der Waals surface area (Å²) in [4.78, 5) is 25.3. The lowest BCUT2D eigenvalue weighted by molar-refractivity contribution is 0.0512. The maximum Gasteiger partial charge on any atom is 0.338 e. The Morgan fingerprint density at radius 2 is 2.35 bits per heavy atom. The molecule has 1 aliphatic heterocycles. The van der Waals surface area contributed by atoms with Crippen LogP contribution >= 0.6 is 0 Å². The number of carbonyl (C=O) groups excluding carboxylic acids is 2. The largest absolute Gasteiger partial charge is 0.462 e. The molecule has 0 aromatic heterocycles. The van der Waals surface area contributed by atoms with Gasteiger partial charge in [-0.05, 0) is 31.0 Å². The second-order valence-electron chi connectivity index (χ2n) is 4.50. The molecule has 5 nitrogen and oxygen atoms in total. The van der Waals surface area contributed by atoms with Crippen molar-refractivity contribution in [3.63, 3.8) is 0 Å². The van der Waals surface area contributed by atoms with Crippen LogP contribution in [-0.4, -0.2) is 31.7 Å². The molecule has 0 radical (unpaired) electrons. The molecule has 2 rings (SSSR count). The number of hydrogen-bond acceptors (Lipinski definition) is 3. The van der Waals surface area contributed by atoms with Gasteiger partial charge in [0.15, 0.2) is 0 Å². The fourth-order valence-electron chi connectivity index (χ4n) is 1.99. The number of benzene rings is 1. The van der Waals surface area contributed by atoms with Gasteiger partial charge < -0.3 is 10.1 Å². The third-order valence-electron chi connectivity index (χ3n) is 3.03. The van der Waals surface area contributed by atoms with Crippen molar-refractivity contribution in [1.29, 1.82) is 0 Å². The van der Waals surface area contributed by atoms with Gasteiger partial charge in [-0.15, -0.1) is 6.58 Å². The summed E-state index contributed by atoms with van der Waals surface area (Å²) in [5.41, 5.74) is 1.16. The van der Waals surface area contributed by atoms with Crippen molar-refractivity contribution >= 4 is 17.7 Å². The summed E-state index contributed by atoms with van der Waals surface area (Å²) in [6.07, 6.45) is 3.21. The SMILES string of the molecule is C=CCCOC(=O)c1cccc(N2CCCNC2=O)c1. The summed E-state index contributed by atoms with van der Waals surface area (Å²) in [6, 6.07) is 6.79. The van der Waals surface area contributed by atoms with Crippen LogP contribution in [-0.2, 0) is 4.74 Å². The number of rotatable bonds is 5. The summed E-state index contributed by atoms with van der Waals surface area (Å²) in [6.45, 7) is 5.23. The van der Waals surface area contributed by atoms with Crippen LogP contribution in [0.2, 0.25) is 0 Å². The fraction of sp³-hybridized carbons (Fsp3) is 0.333. The van der Waals surface area contributed by atoms with Gasteiger partial charge in [-0.3, -0.25) is 4.90 Å². The van der Waals surface area contributed by atoms with E-state index in [0.29, 0.717) is 37.4 Å². The van der Waals surface area contributed by atoms with E-state index < -0.39 is 0 Å². The predicted octanol–water partition coefficient (Wildman–Crippen LogP) is 2.34. The molecule has 1 N–H and O–H groups in total. The lowest BCUT2D eigenvalue weighted by atomic mass is 10.1. The maximum absolute atomic E-state index is 11.9. The Hall–Kier alpha value is -2.30. The lowest BCUT2D eigenvalue weighted by Gasteiger charge is -2.27. The zero-order valence-electron chi connectivity index (χ0n) is 11.3. The smallest absolute Gasteiger partial charge is 0.338 e. The summed E-state index contributed by atoms with van der Waals surface area (Å²) < 4.78 is 5.11. The van der Waals surface area contributed by atoms with Crippen molar-refractivity contribution < 1.29 is 14.3 Å². The van der Waals surface area contributed by atoms with Crippen LogP contribution in [0.15, 0.2) is 36.9 Å². The molecule has 0 spiro atoms. The number of ether oxygens (including phenoxy) is 1. The van der Waals surface area contributed by atoms with E-state index in [1.165, 1.54) is 0 Å². The van der Waals surface area contributed by atoms with Crippen molar-refractivity contribution in [2.45, 2.75) is 12.8 Å². The van der Waals surface area contributed by atoms with Crippen molar-refractivity contribution in [2.24, 2.45) is 0 Å². The minimum Gasteiger partial charge on any atom is -0.462 e. The molecule has 106 valence electrons. The molecule has 0 bridgehead atoms. The van der Waals surface area contributed by atoms with Crippen LogP contribution in [0.3, 0.4) is 0 Å². The van der Waals surface area contributed by atoms with Gasteiger partial charge in [0.05, 0.1) is 12.2 Å². The second-order valence-corrected chi connectivity index (χ2v) is 4.50. The minimum atomic E-state index is -0.383. The van der Waals surface area contributed by atoms with Gasteiger partial charge in [-0.25, -0.2) is 9.59 Å². The van der Waals surface area contributed by atoms with Gasteiger partial charge >= 0.3 is 12.0 Å². The highest BCUT2D eigenvalue weighted by atomic mass is 16.5. The number of urea groups is 1. The summed E-state index contributed by atoms with van der Waals surface area (Å²) in [5.74, 6) is -0.383. The monoisotopic (exact) mass is 274 g/mol. The molecular formula is C15H18N2O3. The molecule has 20 heavy (non-hydrogen) atoms. The number of hydrogen-bond donors (Lipinski definition) is 1. The molecule has 1 heterocycles. The predicted molar refractivity (Wildman–Crippen MR) is 76.9 cm³/mol. The molecule has 0 unspecified atom stereocenters. The Bertz CT molecular complexity index is 514. The van der Waals surface area contributed by atoms with E-state index in [0.717, 1.165) is 6.42 Å². The summed E-state index contributed by atoms with van der Waals surface area (Å²) in [5, 5.41) is 2.78. The zero-order valence-corrected chi connectivity index (χ0v) is 11.3. The maximum atomic E-state index is 11.9. The van der Waals surface area contributed by atoms with E-state index in [2.05, 4.69) is 11.9 Å². The Morgan fingerprint density at radius 3 is 3.10 bits per heavy atom. The van der Waals surface area contributed by atoms with Gasteiger partial charge in [0.1, 0.15) is 0 Å². The normalized spacial score (nSPS) is 14.6. The molecule has 1 aliphatic rings. The molecule has 1 fully saturated rings. The summed E-state index contributed by atoms with van der Waals surface area (Å²) in [7, 11) is 0. The first kappa shape index (κ1) is 14.1. The first-order chi connectivity index (χ1) is 9.72. The van der Waals surface area contributed by atoms with Gasteiger partial charge in [0.25, 0.3) is 0 Å². The number of nitrogens with zero attached hydrogens (tertiary/aromatic N) is 1. The standard InChI is InChI=1S/C15H18N2O3/c1-2-3-10-20-14(18)12-6-4-7-13(11-12)17-9-5-8-16-15(17)19/h2,4,6-7,11H,1,3,5,8-10H2,(H,16,19). The zero-order chi connectivity index (χ0) is 14.4. The van der Waals surface area contributed by atoms with Crippen LogP contribution < -0.4 is 10.2 Å². The van der Waals surface area contributed by atoms with Crippen LogP contribution in [0.25, 0.3) is 0 Å². The van der Waals surface area contributed by atoms with E-state index in [9.17, 15) is 9.59 Å². The van der Waals surface area contributed by atoms with E-state index >= 15 is 0 Å². The quantitative estimate of drug-likeness (QED) is 0.509. The Kier molecular flexibility index (Phi) is 4.76. The minimum absolute atomic E-state index is 0.131. The second kappa shape index (κ2) is 6.75. The average molecular weight is 274 g/mol. The number of esters is 1. The highest BCUT2D eigenvalue weighted by molar-refractivity contribution is 5.95. The Morgan fingerprint density at radius 1 is 1.50 bits per heavy atom. The van der Waals surface area contributed by atoms with Crippen molar-refractivity contribution in [2.75, 3.05) is 24.6 Å². The average Bonchev–Trinajstić information content (AvgIpc) is 2.48. The van der Waals surface area contributed by atoms with E-state index in [1.807, 2.05) is 6.07 Å². The van der Waals surface area contributed by atoms with Crippen LogP contribution in [0, 0.1) is 0 Å². The van der Waals surface area contributed by atoms with E-state index in [-0.39, 0.29) is 12.0 Å². The number of amides is 2. The molecule has 5 heteroatoms. The first-order valence-corrected chi connectivity index (χ1v) is 6.66. The molecule has 0 atom stereocenters. The topological polar surface area (TPSA) is 58.6 Å². The van der Waals surface area contributed by atoms with Crippen molar-refractivity contribution in [3.8, 4) is 0 Å². The fourth-order valence-corrected chi connectivity index (χ4v) is 1.99. The highest BCUT2D eigenvalue weighted by Crippen LogP contribution is 2.19. The number of carbonyl (C=O) groups is 2. The third-order valence-corrected chi connectivity index (χ3v) is 3.03. The Labute approximate surface area is 118 Å². The van der Waals surface area contributed by atoms with Crippen LogP contribution in [0.5, 0.6) is 0 Å².